The second kappa shape index (κ2) is 6.07. The van der Waals surface area contributed by atoms with Crippen LogP contribution in [0.1, 0.15) is 6.92 Å². The van der Waals surface area contributed by atoms with Crippen LogP contribution in [0.4, 0.5) is 5.82 Å². The average molecular weight is 315 g/mol. The lowest BCUT2D eigenvalue weighted by Crippen LogP contribution is -2.17. The van der Waals surface area contributed by atoms with Crippen LogP contribution < -0.4 is 4.90 Å². The molecule has 0 aliphatic carbocycles. The van der Waals surface area contributed by atoms with Crippen LogP contribution >= 0.6 is 7.60 Å². The number of ether oxygens (including phenoxy) is 1. The third kappa shape index (κ3) is 3.98. The normalized spacial score (nSPS) is 13.6. The van der Waals surface area contributed by atoms with Crippen molar-refractivity contribution in [1.29, 1.82) is 0 Å². The summed E-state index contributed by atoms with van der Waals surface area (Å²) in [5.41, 5.74) is 1.32. The molecule has 2 N–H and O–H groups in total. The van der Waals surface area contributed by atoms with Crippen molar-refractivity contribution >= 4 is 24.6 Å². The maximum Gasteiger partial charge on any atom is 0.350 e. The highest BCUT2D eigenvalue weighted by Crippen LogP contribution is 2.34. The Kier molecular flexibility index (Phi) is 4.58. The molecule has 1 atom stereocenters. The van der Waals surface area contributed by atoms with Crippen LogP contribution in [0.15, 0.2) is 12.7 Å². The first-order valence-corrected chi connectivity index (χ1v) is 8.07. The molecule has 9 nitrogen and oxygen atoms in total. The van der Waals surface area contributed by atoms with E-state index in [4.69, 9.17) is 14.5 Å². The van der Waals surface area contributed by atoms with Gasteiger partial charge in [0, 0.05) is 14.1 Å². The first-order valence-electron chi connectivity index (χ1n) is 6.27. The molecular formula is C11H18N5O4P. The lowest BCUT2D eigenvalue weighted by molar-refractivity contribution is 0.0764. The van der Waals surface area contributed by atoms with Gasteiger partial charge in [-0.05, 0) is 6.92 Å². The van der Waals surface area contributed by atoms with Gasteiger partial charge in [-0.3, -0.25) is 4.57 Å². The molecule has 0 fully saturated rings. The summed E-state index contributed by atoms with van der Waals surface area (Å²) in [4.78, 5) is 32.1. The minimum Gasteiger partial charge on any atom is -0.364 e. The van der Waals surface area contributed by atoms with Crippen LogP contribution in [0, 0.1) is 0 Å². The Morgan fingerprint density at radius 3 is 2.71 bits per heavy atom. The SMILES string of the molecule is C[C@H](Cn1cnc2c(N(C)C)ncnc21)OCP(=O)(O)O. The van der Waals surface area contributed by atoms with Crippen LogP contribution in [-0.4, -0.2) is 55.9 Å². The summed E-state index contributed by atoms with van der Waals surface area (Å²) >= 11 is 0. The predicted molar refractivity (Wildman–Crippen MR) is 77.1 cm³/mol. The number of aromatic nitrogens is 4. The van der Waals surface area contributed by atoms with Crippen molar-refractivity contribution in [2.75, 3.05) is 25.3 Å². The number of hydrogen-bond acceptors (Lipinski definition) is 6. The average Bonchev–Trinajstić information content (AvgIpc) is 2.78. The molecule has 21 heavy (non-hydrogen) atoms. The maximum absolute atomic E-state index is 10.8. The maximum atomic E-state index is 10.8. The van der Waals surface area contributed by atoms with Gasteiger partial charge >= 0.3 is 7.60 Å². The van der Waals surface area contributed by atoms with E-state index in [2.05, 4.69) is 15.0 Å². The molecule has 2 aromatic heterocycles. The van der Waals surface area contributed by atoms with Crippen molar-refractivity contribution in [2.24, 2.45) is 0 Å². The van der Waals surface area contributed by atoms with E-state index in [9.17, 15) is 4.57 Å². The number of hydrogen-bond donors (Lipinski definition) is 2. The van der Waals surface area contributed by atoms with Crippen LogP contribution in [0.3, 0.4) is 0 Å². The fraction of sp³-hybridized carbons (Fsp3) is 0.545. The van der Waals surface area contributed by atoms with E-state index in [1.54, 1.807) is 17.8 Å². The Morgan fingerprint density at radius 2 is 2.10 bits per heavy atom. The lowest BCUT2D eigenvalue weighted by atomic mass is 10.4. The summed E-state index contributed by atoms with van der Waals surface area (Å²) < 4.78 is 17.7. The molecule has 0 radical (unpaired) electrons. The molecule has 0 spiro atoms. The molecule has 10 heteroatoms. The minimum atomic E-state index is -4.16. The molecule has 116 valence electrons. The largest absolute Gasteiger partial charge is 0.364 e. The summed E-state index contributed by atoms with van der Waals surface area (Å²) in [5.74, 6) is 0.711. The van der Waals surface area contributed by atoms with Gasteiger partial charge in [-0.2, -0.15) is 0 Å². The zero-order valence-electron chi connectivity index (χ0n) is 12.0. The Bertz CT molecular complexity index is 668. The van der Waals surface area contributed by atoms with Gasteiger partial charge in [-0.15, -0.1) is 0 Å². The van der Waals surface area contributed by atoms with Crippen molar-refractivity contribution in [3.63, 3.8) is 0 Å². The van der Waals surface area contributed by atoms with Crippen LogP contribution in [0.25, 0.3) is 11.2 Å². The third-order valence-corrected chi connectivity index (χ3v) is 3.27. The van der Waals surface area contributed by atoms with Gasteiger partial charge < -0.3 is 24.0 Å². The second-order valence-electron chi connectivity index (χ2n) is 4.93. The Hall–Kier alpha value is -1.54. The predicted octanol–water partition coefficient (Wildman–Crippen LogP) is 0.433. The quantitative estimate of drug-likeness (QED) is 0.738. The van der Waals surface area contributed by atoms with E-state index < -0.39 is 13.9 Å². The zero-order valence-corrected chi connectivity index (χ0v) is 12.9. The van der Waals surface area contributed by atoms with Gasteiger partial charge in [0.2, 0.25) is 0 Å². The molecular weight excluding hydrogens is 297 g/mol. The van der Waals surface area contributed by atoms with Crippen molar-refractivity contribution in [1.82, 2.24) is 19.5 Å². The highest BCUT2D eigenvalue weighted by Gasteiger charge is 2.17. The number of rotatable bonds is 6. The van der Waals surface area contributed by atoms with E-state index in [1.807, 2.05) is 19.0 Å². The van der Waals surface area contributed by atoms with Crippen LogP contribution in [0.5, 0.6) is 0 Å². The highest BCUT2D eigenvalue weighted by atomic mass is 31.2. The first kappa shape index (κ1) is 15.8. The topological polar surface area (TPSA) is 114 Å². The smallest absolute Gasteiger partial charge is 0.350 e. The van der Waals surface area contributed by atoms with E-state index in [-0.39, 0.29) is 6.10 Å². The third-order valence-electron chi connectivity index (χ3n) is 2.79. The van der Waals surface area contributed by atoms with Gasteiger partial charge in [0.15, 0.2) is 17.0 Å². The fourth-order valence-corrected chi connectivity index (χ4v) is 2.33. The van der Waals surface area contributed by atoms with Gasteiger partial charge in [-0.25, -0.2) is 15.0 Å². The van der Waals surface area contributed by atoms with Crippen LogP contribution in [0.2, 0.25) is 0 Å². The Morgan fingerprint density at radius 1 is 1.38 bits per heavy atom. The standard InChI is InChI=1S/C11H18N5O4P/c1-8(20-7-21(17,18)19)4-16-6-14-9-10(15(2)3)12-5-13-11(9)16/h5-6,8H,4,7H2,1-3H3,(H2,17,18,19)/t8-/m1/s1. The molecule has 0 amide bonds. The monoisotopic (exact) mass is 315 g/mol. The molecule has 2 aromatic rings. The number of fused-ring (bicyclic) bond motifs is 1. The summed E-state index contributed by atoms with van der Waals surface area (Å²) in [6.45, 7) is 2.12. The zero-order chi connectivity index (χ0) is 15.6. The number of imidazole rings is 1. The summed E-state index contributed by atoms with van der Waals surface area (Å²) in [5, 5.41) is 0. The van der Waals surface area contributed by atoms with Crippen molar-refractivity contribution in [3.8, 4) is 0 Å². The van der Waals surface area contributed by atoms with Crippen molar-refractivity contribution in [3.05, 3.63) is 12.7 Å². The van der Waals surface area contributed by atoms with E-state index in [0.29, 0.717) is 23.5 Å². The van der Waals surface area contributed by atoms with Gasteiger partial charge in [0.1, 0.15) is 12.7 Å². The lowest BCUT2D eigenvalue weighted by Gasteiger charge is -2.15. The summed E-state index contributed by atoms with van der Waals surface area (Å²) in [7, 11) is -0.423. The van der Waals surface area contributed by atoms with E-state index in [0.717, 1.165) is 0 Å². The molecule has 2 heterocycles. The van der Waals surface area contributed by atoms with Crippen molar-refractivity contribution in [2.45, 2.75) is 19.6 Å². The minimum absolute atomic E-state index is 0.382. The molecule has 0 saturated heterocycles. The van der Waals surface area contributed by atoms with Gasteiger partial charge in [0.05, 0.1) is 19.0 Å². The van der Waals surface area contributed by atoms with E-state index in [1.165, 1.54) is 6.33 Å². The summed E-state index contributed by atoms with van der Waals surface area (Å²) in [6.07, 6.45) is 2.09. The fourth-order valence-electron chi connectivity index (χ4n) is 1.88. The molecule has 0 saturated carbocycles. The molecule has 0 aromatic carbocycles. The van der Waals surface area contributed by atoms with E-state index >= 15 is 0 Å². The van der Waals surface area contributed by atoms with Crippen molar-refractivity contribution < 1.29 is 19.1 Å². The molecule has 2 rings (SSSR count). The van der Waals surface area contributed by atoms with Gasteiger partial charge in [0.25, 0.3) is 0 Å². The molecule has 0 aliphatic rings. The number of nitrogens with zero attached hydrogens (tertiary/aromatic N) is 5. The number of anilines is 1. The molecule has 0 unspecified atom stereocenters. The first-order chi connectivity index (χ1) is 9.78. The van der Waals surface area contributed by atoms with Crippen LogP contribution in [-0.2, 0) is 15.8 Å². The molecule has 0 aliphatic heterocycles. The summed E-state index contributed by atoms with van der Waals surface area (Å²) in [6, 6.07) is 0. The molecule has 0 bridgehead atoms. The second-order valence-corrected chi connectivity index (χ2v) is 6.52. The highest BCUT2D eigenvalue weighted by molar-refractivity contribution is 7.51. The Labute approximate surface area is 121 Å². The van der Waals surface area contributed by atoms with Gasteiger partial charge in [-0.1, -0.05) is 0 Å². The Balaban J connectivity index is 2.16.